The van der Waals surface area contributed by atoms with E-state index in [0.29, 0.717) is 58.6 Å². The molecule has 2 amide bonds. The first-order chi connectivity index (χ1) is 21.3. The van der Waals surface area contributed by atoms with Gasteiger partial charge in [-0.15, -0.1) is 0 Å². The number of anilines is 1. The van der Waals surface area contributed by atoms with Gasteiger partial charge in [0, 0.05) is 42.4 Å². The van der Waals surface area contributed by atoms with E-state index in [1.165, 1.54) is 36.5 Å². The van der Waals surface area contributed by atoms with Gasteiger partial charge in [0.2, 0.25) is 0 Å². The fourth-order valence-electron chi connectivity index (χ4n) is 6.29. The SMILES string of the molecule is Cc1ncc(Oc2nc(C[C@]34C[C@H](CN3)[C@H](NC(=O)OC(C)(C)C)C4)c3c(n2)[nH]c2c(N(C)C(=O)OCCl)cc(F)cc23)cn1. The van der Waals surface area contributed by atoms with Crippen LogP contribution >= 0.6 is 11.6 Å². The molecule has 3 atom stereocenters. The smallest absolute Gasteiger partial charge is 0.415 e. The second-order valence-corrected chi connectivity index (χ2v) is 12.8. The zero-order valence-corrected chi connectivity index (χ0v) is 26.3. The van der Waals surface area contributed by atoms with Gasteiger partial charge in [0.1, 0.15) is 22.9 Å². The van der Waals surface area contributed by atoms with Gasteiger partial charge in [-0.2, -0.15) is 9.97 Å². The van der Waals surface area contributed by atoms with Gasteiger partial charge >= 0.3 is 18.2 Å². The topological polar surface area (TPSA) is 156 Å². The van der Waals surface area contributed by atoms with Crippen LogP contribution in [0.3, 0.4) is 0 Å². The fraction of sp³-hybridized carbons (Fsp3) is 0.467. The number of fused-ring (bicyclic) bond motifs is 5. The highest BCUT2D eigenvalue weighted by atomic mass is 35.5. The molecule has 3 aromatic heterocycles. The van der Waals surface area contributed by atoms with Gasteiger partial charge in [-0.05, 0) is 58.6 Å². The number of aromatic nitrogens is 5. The number of hydrogen-bond donors (Lipinski definition) is 3. The molecule has 45 heavy (non-hydrogen) atoms. The summed E-state index contributed by atoms with van der Waals surface area (Å²) in [5.41, 5.74) is 0.660. The Morgan fingerprint density at radius 2 is 1.96 bits per heavy atom. The van der Waals surface area contributed by atoms with E-state index in [1.54, 1.807) is 6.92 Å². The van der Waals surface area contributed by atoms with Crippen molar-refractivity contribution in [1.82, 2.24) is 35.6 Å². The van der Waals surface area contributed by atoms with E-state index in [9.17, 15) is 9.59 Å². The maximum atomic E-state index is 15.1. The molecule has 4 aromatic rings. The molecule has 0 unspecified atom stereocenters. The highest BCUT2D eigenvalue weighted by Crippen LogP contribution is 2.44. The predicted octanol–water partition coefficient (Wildman–Crippen LogP) is 5.10. The first-order valence-corrected chi connectivity index (χ1v) is 15.1. The summed E-state index contributed by atoms with van der Waals surface area (Å²) in [6.45, 7) is 7.95. The van der Waals surface area contributed by atoms with Crippen molar-refractivity contribution in [1.29, 1.82) is 0 Å². The Bertz CT molecular complexity index is 1780. The molecule has 1 saturated carbocycles. The number of alkyl carbamates (subject to hydrolysis) is 1. The number of ether oxygens (including phenoxy) is 3. The van der Waals surface area contributed by atoms with Crippen LogP contribution in [0.2, 0.25) is 0 Å². The van der Waals surface area contributed by atoms with E-state index in [4.69, 9.17) is 30.8 Å². The lowest BCUT2D eigenvalue weighted by Crippen LogP contribution is -2.51. The number of alkyl halides is 1. The van der Waals surface area contributed by atoms with Crippen molar-refractivity contribution >= 4 is 51.4 Å². The normalized spacial score (nSPS) is 20.9. The van der Waals surface area contributed by atoms with Gasteiger partial charge in [0.15, 0.2) is 11.8 Å². The van der Waals surface area contributed by atoms with Gasteiger partial charge in [0.05, 0.1) is 29.3 Å². The molecular weight excluding hydrogens is 607 g/mol. The second kappa shape index (κ2) is 11.6. The van der Waals surface area contributed by atoms with E-state index >= 15 is 4.39 Å². The summed E-state index contributed by atoms with van der Waals surface area (Å²) in [6.07, 6.45) is 3.70. The standard InChI is InChI=1S/C30H34ClFN8O5/c1-15-33-12-18(13-34-15)44-26-36-21(10-30-8-16(11-35-30)20(9-30)37-27(41)45-29(2,3)4)23-19-6-17(32)7-22(24(19)38-25(23)39-26)40(5)28(42)43-14-31/h6-7,12-13,16,20,35H,8-11,14H2,1-5H3,(H,37,41)(H,36,38,39)/t16-,20-,30-/m1/s1. The summed E-state index contributed by atoms with van der Waals surface area (Å²) >= 11 is 5.60. The lowest BCUT2D eigenvalue weighted by molar-refractivity contribution is 0.0486. The summed E-state index contributed by atoms with van der Waals surface area (Å²) in [7, 11) is 1.46. The number of hydrogen-bond acceptors (Lipinski definition) is 10. The largest absolute Gasteiger partial charge is 0.444 e. The van der Waals surface area contributed by atoms with Crippen LogP contribution in [0, 0.1) is 18.7 Å². The van der Waals surface area contributed by atoms with Crippen LogP contribution in [-0.4, -0.2) is 73.9 Å². The number of nitrogens with zero attached hydrogens (tertiary/aromatic N) is 5. The summed E-state index contributed by atoms with van der Waals surface area (Å²) < 4.78 is 31.5. The number of aromatic amines is 1. The van der Waals surface area contributed by atoms with Crippen molar-refractivity contribution < 1.29 is 28.2 Å². The Hall–Kier alpha value is -4.30. The number of nitrogens with one attached hydrogen (secondary N) is 3. The number of H-pyrrole nitrogens is 1. The monoisotopic (exact) mass is 640 g/mol. The highest BCUT2D eigenvalue weighted by molar-refractivity contribution is 6.18. The minimum absolute atomic E-state index is 0.0424. The van der Waals surface area contributed by atoms with Crippen molar-refractivity contribution in [2.75, 3.05) is 24.6 Å². The molecule has 1 aliphatic heterocycles. The Balaban J connectivity index is 1.41. The molecular formula is C30H34ClFN8O5. The molecule has 13 nitrogen and oxygen atoms in total. The maximum absolute atomic E-state index is 15.1. The number of amides is 2. The van der Waals surface area contributed by atoms with E-state index in [2.05, 4.69) is 30.6 Å². The molecule has 1 saturated heterocycles. The number of piperidine rings is 1. The second-order valence-electron chi connectivity index (χ2n) is 12.6. The number of carbonyl (C=O) groups excluding carboxylic acids is 2. The van der Waals surface area contributed by atoms with Crippen LogP contribution in [0.15, 0.2) is 24.5 Å². The third kappa shape index (κ3) is 6.29. The Morgan fingerprint density at radius 1 is 1.20 bits per heavy atom. The zero-order valence-electron chi connectivity index (χ0n) is 25.5. The number of benzene rings is 1. The fourth-order valence-corrected chi connectivity index (χ4v) is 6.39. The van der Waals surface area contributed by atoms with Crippen molar-refractivity contribution in [3.05, 3.63) is 41.9 Å². The van der Waals surface area contributed by atoms with Crippen LogP contribution in [0.5, 0.6) is 11.8 Å². The van der Waals surface area contributed by atoms with Gasteiger partial charge < -0.3 is 29.8 Å². The zero-order chi connectivity index (χ0) is 32.1. The van der Waals surface area contributed by atoms with Gasteiger partial charge in [-0.1, -0.05) is 11.6 Å². The molecule has 2 fully saturated rings. The van der Waals surface area contributed by atoms with Crippen LogP contribution in [0.4, 0.5) is 19.7 Å². The molecule has 1 aromatic carbocycles. The summed E-state index contributed by atoms with van der Waals surface area (Å²) in [6, 6.07) is 2.21. The molecule has 3 N–H and O–H groups in total. The molecule has 0 radical (unpaired) electrons. The van der Waals surface area contributed by atoms with E-state index < -0.39 is 29.1 Å². The lowest BCUT2D eigenvalue weighted by Gasteiger charge is -2.32. The maximum Gasteiger partial charge on any atom is 0.415 e. The first-order valence-electron chi connectivity index (χ1n) is 14.5. The molecule has 1 aliphatic carbocycles. The molecule has 15 heteroatoms. The van der Waals surface area contributed by atoms with E-state index in [0.717, 1.165) is 6.42 Å². The summed E-state index contributed by atoms with van der Waals surface area (Å²) in [5.74, 6) is 0.561. The average molecular weight is 641 g/mol. The van der Waals surface area contributed by atoms with Crippen molar-refractivity contribution in [2.45, 2.75) is 64.1 Å². The summed E-state index contributed by atoms with van der Waals surface area (Å²) in [4.78, 5) is 47.3. The Kier molecular flexibility index (Phi) is 7.89. The number of aryl methyl sites for hydroxylation is 1. The third-order valence-corrected chi connectivity index (χ3v) is 8.23. The van der Waals surface area contributed by atoms with Crippen LogP contribution in [0.25, 0.3) is 21.9 Å². The molecule has 238 valence electrons. The average Bonchev–Trinajstić information content (AvgIpc) is 3.63. The minimum Gasteiger partial charge on any atom is -0.444 e. The molecule has 0 spiro atoms. The predicted molar refractivity (Wildman–Crippen MR) is 164 cm³/mol. The third-order valence-electron chi connectivity index (χ3n) is 8.12. The van der Waals surface area contributed by atoms with Crippen molar-refractivity contribution in [3.8, 4) is 11.8 Å². The molecule has 4 heterocycles. The summed E-state index contributed by atoms with van der Waals surface area (Å²) in [5, 5.41) is 7.76. The number of carbonyl (C=O) groups is 2. The van der Waals surface area contributed by atoms with Crippen LogP contribution < -0.4 is 20.3 Å². The van der Waals surface area contributed by atoms with Gasteiger partial charge in [0.25, 0.3) is 0 Å². The van der Waals surface area contributed by atoms with Crippen LogP contribution in [-0.2, 0) is 15.9 Å². The molecule has 6 rings (SSSR count). The van der Waals surface area contributed by atoms with Crippen LogP contribution in [0.1, 0.15) is 45.1 Å². The van der Waals surface area contributed by atoms with Crippen molar-refractivity contribution in [2.24, 2.45) is 5.92 Å². The van der Waals surface area contributed by atoms with Gasteiger partial charge in [-0.25, -0.2) is 23.9 Å². The molecule has 2 bridgehead atoms. The number of halogens is 2. The lowest BCUT2D eigenvalue weighted by atomic mass is 9.90. The Morgan fingerprint density at radius 3 is 2.67 bits per heavy atom. The number of rotatable bonds is 7. The molecule has 2 aliphatic rings. The van der Waals surface area contributed by atoms with Crippen molar-refractivity contribution in [3.63, 3.8) is 0 Å². The first kappa shape index (κ1) is 30.7. The Labute approximate surface area is 263 Å². The quantitative estimate of drug-likeness (QED) is 0.232. The van der Waals surface area contributed by atoms with E-state index in [1.807, 2.05) is 20.8 Å². The highest BCUT2D eigenvalue weighted by Gasteiger charge is 2.51. The van der Waals surface area contributed by atoms with E-state index in [-0.39, 0.29) is 29.7 Å². The van der Waals surface area contributed by atoms with Gasteiger partial charge in [-0.3, -0.25) is 4.90 Å². The minimum atomic E-state index is -0.750.